The Hall–Kier alpha value is -1.40. The fourth-order valence-electron chi connectivity index (χ4n) is 1.51. The predicted molar refractivity (Wildman–Crippen MR) is 75.3 cm³/mol. The Morgan fingerprint density at radius 2 is 2.42 bits per heavy atom. The maximum atomic E-state index is 10.6. The minimum absolute atomic E-state index is 0.259. The van der Waals surface area contributed by atoms with Gasteiger partial charge in [-0.2, -0.15) is 0 Å². The monoisotopic (exact) mass is 300 g/mol. The molecular formula is C12H13ClN2O3S. The fourth-order valence-corrected chi connectivity index (χ4v) is 2.49. The highest BCUT2D eigenvalue weighted by Gasteiger charge is 2.15. The highest BCUT2D eigenvalue weighted by Crippen LogP contribution is 2.24. The van der Waals surface area contributed by atoms with E-state index in [1.54, 1.807) is 0 Å². The number of hydrogen-bond acceptors (Lipinski definition) is 4. The van der Waals surface area contributed by atoms with Crippen LogP contribution in [0, 0.1) is 0 Å². The van der Waals surface area contributed by atoms with E-state index in [0.29, 0.717) is 11.8 Å². The average molecular weight is 301 g/mol. The van der Waals surface area contributed by atoms with Crippen molar-refractivity contribution in [3.63, 3.8) is 0 Å². The number of aromatic amines is 1. The van der Waals surface area contributed by atoms with Crippen molar-refractivity contribution in [3.05, 3.63) is 18.2 Å². The van der Waals surface area contributed by atoms with Gasteiger partial charge in [-0.05, 0) is 19.1 Å². The molecule has 0 amide bonds. The third-order valence-corrected chi connectivity index (χ3v) is 3.87. The van der Waals surface area contributed by atoms with Crippen LogP contribution in [0.2, 0.25) is 0 Å². The van der Waals surface area contributed by atoms with Gasteiger partial charge in [-0.25, -0.2) is 4.98 Å². The summed E-state index contributed by atoms with van der Waals surface area (Å²) < 4.78 is 5.40. The lowest BCUT2D eigenvalue weighted by Crippen LogP contribution is -2.15. The van der Waals surface area contributed by atoms with Gasteiger partial charge >= 0.3 is 5.97 Å². The maximum Gasteiger partial charge on any atom is 0.322 e. The normalized spacial score (nSPS) is 12.5. The number of hydrogen-bond donors (Lipinski definition) is 2. The number of carboxylic acid groups (broad SMARTS) is 1. The zero-order chi connectivity index (χ0) is 13.8. The second kappa shape index (κ2) is 6.16. The summed E-state index contributed by atoms with van der Waals surface area (Å²) in [6.45, 7) is 2.53. The highest BCUT2D eigenvalue weighted by molar-refractivity contribution is 7.99. The van der Waals surface area contributed by atoms with Crippen LogP contribution in [0.1, 0.15) is 6.92 Å². The van der Waals surface area contributed by atoms with E-state index in [1.165, 1.54) is 11.8 Å². The summed E-state index contributed by atoms with van der Waals surface area (Å²) in [5.74, 6) is 0.00883. The van der Waals surface area contributed by atoms with Crippen molar-refractivity contribution >= 4 is 40.4 Å². The summed E-state index contributed by atoms with van der Waals surface area (Å²) in [4.78, 5) is 18.1. The zero-order valence-corrected chi connectivity index (χ0v) is 11.8. The van der Waals surface area contributed by atoms with Gasteiger partial charge in [0, 0.05) is 11.8 Å². The molecule has 0 radical (unpaired) electrons. The molecule has 0 bridgehead atoms. The molecule has 2 rings (SSSR count). The number of aromatic nitrogens is 2. The van der Waals surface area contributed by atoms with Gasteiger partial charge in [0.1, 0.15) is 11.1 Å². The SMILES string of the molecule is CCOc1ccc2nc(SCC(Cl)C(=O)O)[nH]c2c1. The van der Waals surface area contributed by atoms with Crippen LogP contribution in [0.3, 0.4) is 0 Å². The third-order valence-electron chi connectivity index (χ3n) is 2.38. The molecule has 19 heavy (non-hydrogen) atoms. The van der Waals surface area contributed by atoms with Crippen LogP contribution >= 0.6 is 23.4 Å². The Bertz CT molecular complexity index is 587. The minimum Gasteiger partial charge on any atom is -0.494 e. The number of ether oxygens (including phenoxy) is 1. The third kappa shape index (κ3) is 3.54. The molecule has 2 N–H and O–H groups in total. The molecule has 7 heteroatoms. The molecule has 1 atom stereocenters. The summed E-state index contributed by atoms with van der Waals surface area (Å²) in [6.07, 6.45) is 0. The number of halogens is 1. The quantitative estimate of drug-likeness (QED) is 0.634. The number of imidazole rings is 1. The molecule has 1 aromatic carbocycles. The average Bonchev–Trinajstić information content (AvgIpc) is 2.78. The number of H-pyrrole nitrogens is 1. The number of carbonyl (C=O) groups is 1. The molecule has 0 saturated heterocycles. The van der Waals surface area contributed by atoms with Crippen molar-refractivity contribution in [1.29, 1.82) is 0 Å². The Morgan fingerprint density at radius 3 is 3.11 bits per heavy atom. The molecule has 2 aromatic rings. The zero-order valence-electron chi connectivity index (χ0n) is 10.2. The van der Waals surface area contributed by atoms with Crippen LogP contribution in [-0.4, -0.2) is 38.8 Å². The molecule has 0 spiro atoms. The largest absolute Gasteiger partial charge is 0.494 e. The molecule has 0 fully saturated rings. The summed E-state index contributed by atoms with van der Waals surface area (Å²) in [7, 11) is 0. The van der Waals surface area contributed by atoms with Crippen LogP contribution in [0.5, 0.6) is 5.75 Å². The van der Waals surface area contributed by atoms with Crippen LogP contribution in [0.4, 0.5) is 0 Å². The predicted octanol–water partition coefficient (Wildman–Crippen LogP) is 2.75. The number of aliphatic carboxylic acids is 1. The Labute approximate surface area is 119 Å². The minimum atomic E-state index is -1.02. The van der Waals surface area contributed by atoms with E-state index in [0.717, 1.165) is 16.8 Å². The van der Waals surface area contributed by atoms with Crippen LogP contribution in [0.25, 0.3) is 11.0 Å². The smallest absolute Gasteiger partial charge is 0.322 e. The van der Waals surface area contributed by atoms with Gasteiger partial charge in [-0.3, -0.25) is 4.79 Å². The first kappa shape index (κ1) is 14.0. The molecule has 5 nitrogen and oxygen atoms in total. The standard InChI is InChI=1S/C12H13ClN2O3S/c1-2-18-7-3-4-9-10(5-7)15-12(14-9)19-6-8(13)11(16)17/h3-5,8H,2,6H2,1H3,(H,14,15)(H,16,17). The van der Waals surface area contributed by atoms with E-state index in [4.69, 9.17) is 21.4 Å². The van der Waals surface area contributed by atoms with Crippen molar-refractivity contribution in [2.45, 2.75) is 17.5 Å². The van der Waals surface area contributed by atoms with Gasteiger partial charge in [0.15, 0.2) is 5.16 Å². The van der Waals surface area contributed by atoms with E-state index >= 15 is 0 Å². The Balaban J connectivity index is 2.10. The van der Waals surface area contributed by atoms with Gasteiger partial charge in [-0.1, -0.05) is 11.8 Å². The lowest BCUT2D eigenvalue weighted by Gasteiger charge is -2.01. The van der Waals surface area contributed by atoms with Gasteiger partial charge in [0.25, 0.3) is 0 Å². The van der Waals surface area contributed by atoms with Crippen LogP contribution in [0.15, 0.2) is 23.4 Å². The molecule has 1 heterocycles. The lowest BCUT2D eigenvalue weighted by molar-refractivity contribution is -0.136. The van der Waals surface area contributed by atoms with Crippen molar-refractivity contribution in [2.24, 2.45) is 0 Å². The number of alkyl halides is 1. The molecule has 0 saturated carbocycles. The van der Waals surface area contributed by atoms with Crippen molar-refractivity contribution in [2.75, 3.05) is 12.4 Å². The topological polar surface area (TPSA) is 75.2 Å². The molecule has 0 aliphatic heterocycles. The van der Waals surface area contributed by atoms with Crippen molar-refractivity contribution in [3.8, 4) is 5.75 Å². The summed E-state index contributed by atoms with van der Waals surface area (Å²) in [6, 6.07) is 5.57. The first-order valence-electron chi connectivity index (χ1n) is 5.72. The highest BCUT2D eigenvalue weighted by atomic mass is 35.5. The fraction of sp³-hybridized carbons (Fsp3) is 0.333. The first-order valence-corrected chi connectivity index (χ1v) is 7.14. The summed E-state index contributed by atoms with van der Waals surface area (Å²) in [5, 5.41) is 8.43. The first-order chi connectivity index (χ1) is 9.10. The number of fused-ring (bicyclic) bond motifs is 1. The molecule has 1 unspecified atom stereocenters. The number of nitrogens with one attached hydrogen (secondary N) is 1. The lowest BCUT2D eigenvalue weighted by atomic mass is 10.3. The molecule has 0 aliphatic carbocycles. The maximum absolute atomic E-state index is 10.6. The summed E-state index contributed by atoms with van der Waals surface area (Å²) >= 11 is 6.93. The molecular weight excluding hydrogens is 288 g/mol. The Morgan fingerprint density at radius 1 is 1.63 bits per heavy atom. The second-order valence-corrected chi connectivity index (χ2v) is 5.31. The van der Waals surface area contributed by atoms with E-state index in [9.17, 15) is 4.79 Å². The number of nitrogens with zero attached hydrogens (tertiary/aromatic N) is 1. The van der Waals surface area contributed by atoms with Gasteiger partial charge < -0.3 is 14.8 Å². The number of carboxylic acids is 1. The number of rotatable bonds is 6. The van der Waals surface area contributed by atoms with Gasteiger partial charge in [0.2, 0.25) is 0 Å². The Kier molecular flexibility index (Phi) is 4.55. The number of benzene rings is 1. The molecule has 0 aliphatic rings. The van der Waals surface area contributed by atoms with Crippen molar-refractivity contribution in [1.82, 2.24) is 9.97 Å². The summed E-state index contributed by atoms with van der Waals surface area (Å²) in [5.41, 5.74) is 1.67. The van der Waals surface area contributed by atoms with Gasteiger partial charge in [0.05, 0.1) is 17.6 Å². The second-order valence-electron chi connectivity index (χ2n) is 3.77. The van der Waals surface area contributed by atoms with Crippen molar-refractivity contribution < 1.29 is 14.6 Å². The molecule has 102 valence electrons. The van der Waals surface area contributed by atoms with E-state index in [1.807, 2.05) is 25.1 Å². The van der Waals surface area contributed by atoms with Gasteiger partial charge in [-0.15, -0.1) is 11.6 Å². The van der Waals surface area contributed by atoms with E-state index < -0.39 is 11.3 Å². The molecule has 1 aromatic heterocycles. The number of thioether (sulfide) groups is 1. The van der Waals surface area contributed by atoms with E-state index in [-0.39, 0.29) is 5.75 Å². The van der Waals surface area contributed by atoms with E-state index in [2.05, 4.69) is 9.97 Å². The van der Waals surface area contributed by atoms with Crippen LogP contribution < -0.4 is 4.74 Å². The van der Waals surface area contributed by atoms with Crippen LogP contribution in [-0.2, 0) is 4.79 Å².